The minimum Gasteiger partial charge on any atom is -0.372 e. The third kappa shape index (κ3) is 3.01. The van der Waals surface area contributed by atoms with Crippen LogP contribution in [-0.4, -0.2) is 26.8 Å². The van der Waals surface area contributed by atoms with Gasteiger partial charge in [0.15, 0.2) is 0 Å². The molecule has 0 atom stereocenters. The molecule has 0 saturated heterocycles. The van der Waals surface area contributed by atoms with Crippen molar-refractivity contribution in [2.45, 2.75) is 33.2 Å². The van der Waals surface area contributed by atoms with E-state index in [0.717, 1.165) is 11.4 Å². The zero-order valence-corrected chi connectivity index (χ0v) is 13.1. The van der Waals surface area contributed by atoms with Crippen LogP contribution in [0.5, 0.6) is 0 Å². The Morgan fingerprint density at radius 3 is 2.55 bits per heavy atom. The second-order valence-corrected chi connectivity index (χ2v) is 5.92. The van der Waals surface area contributed by atoms with Gasteiger partial charge in [-0.15, -0.1) is 0 Å². The lowest BCUT2D eigenvalue weighted by Gasteiger charge is -2.18. The van der Waals surface area contributed by atoms with Crippen molar-refractivity contribution >= 4 is 29.1 Å². The van der Waals surface area contributed by atoms with Crippen LogP contribution < -0.4 is 10.6 Å². The lowest BCUT2D eigenvalue weighted by molar-refractivity contribution is 0.354. The number of hydrogen-bond acceptors (Lipinski definition) is 5. The highest BCUT2D eigenvalue weighted by Crippen LogP contribution is 2.24. The number of anilines is 3. The van der Waals surface area contributed by atoms with Gasteiger partial charge in [-0.25, -0.2) is 4.98 Å². The molecular formula is C13H19ClN6. The Balaban J connectivity index is 2.28. The molecule has 2 heterocycles. The van der Waals surface area contributed by atoms with Crippen LogP contribution >= 0.6 is 11.6 Å². The zero-order valence-electron chi connectivity index (χ0n) is 12.3. The number of rotatable bonds is 3. The molecule has 6 nitrogen and oxygen atoms in total. The summed E-state index contributed by atoms with van der Waals surface area (Å²) < 4.78 is 1.92. The predicted octanol–water partition coefficient (Wildman–Crippen LogP) is 3.18. The summed E-state index contributed by atoms with van der Waals surface area (Å²) in [4.78, 5) is 8.46. The van der Waals surface area contributed by atoms with Crippen molar-refractivity contribution in [3.8, 4) is 0 Å². The molecule has 0 aliphatic heterocycles. The fraction of sp³-hybridized carbons (Fsp3) is 0.462. The summed E-state index contributed by atoms with van der Waals surface area (Å²) in [7, 11) is 1.76. The summed E-state index contributed by atoms with van der Waals surface area (Å²) >= 11 is 5.96. The quantitative estimate of drug-likeness (QED) is 0.910. The van der Waals surface area contributed by atoms with Gasteiger partial charge in [0.2, 0.25) is 5.95 Å². The van der Waals surface area contributed by atoms with Gasteiger partial charge >= 0.3 is 0 Å². The van der Waals surface area contributed by atoms with Gasteiger partial charge in [0, 0.05) is 13.2 Å². The summed E-state index contributed by atoms with van der Waals surface area (Å²) in [6.07, 6.45) is 3.51. The third-order valence-corrected chi connectivity index (χ3v) is 3.09. The summed E-state index contributed by atoms with van der Waals surface area (Å²) in [6.45, 7) is 8.24. The first-order valence-corrected chi connectivity index (χ1v) is 6.73. The van der Waals surface area contributed by atoms with E-state index in [9.17, 15) is 0 Å². The Morgan fingerprint density at radius 1 is 1.30 bits per heavy atom. The van der Waals surface area contributed by atoms with Crippen LogP contribution in [0.3, 0.4) is 0 Å². The van der Waals surface area contributed by atoms with E-state index in [1.807, 2.05) is 17.8 Å². The van der Waals surface area contributed by atoms with Crippen LogP contribution in [0.2, 0.25) is 5.02 Å². The standard InChI is InChI=1S/C13H19ClN6/c1-8-10(7-20(19-8)13(2,3)4)17-12-16-6-9(14)11(15-5)18-12/h6-7H,1-5H3,(H2,15,16,17,18). The van der Waals surface area contributed by atoms with E-state index < -0.39 is 0 Å². The fourth-order valence-electron chi connectivity index (χ4n) is 1.65. The first kappa shape index (κ1) is 14.6. The minimum absolute atomic E-state index is 0.0678. The molecule has 2 rings (SSSR count). The maximum Gasteiger partial charge on any atom is 0.229 e. The Hall–Kier alpha value is -1.82. The van der Waals surface area contributed by atoms with Crippen molar-refractivity contribution < 1.29 is 0 Å². The largest absolute Gasteiger partial charge is 0.372 e. The monoisotopic (exact) mass is 294 g/mol. The van der Waals surface area contributed by atoms with Gasteiger partial charge in [0.1, 0.15) is 10.8 Å². The zero-order chi connectivity index (χ0) is 14.9. The molecule has 108 valence electrons. The minimum atomic E-state index is -0.0678. The number of aromatic nitrogens is 4. The highest BCUT2D eigenvalue weighted by molar-refractivity contribution is 6.32. The number of halogens is 1. The van der Waals surface area contributed by atoms with Gasteiger partial charge in [-0.05, 0) is 27.7 Å². The summed E-state index contributed by atoms with van der Waals surface area (Å²) in [5.41, 5.74) is 1.70. The van der Waals surface area contributed by atoms with Crippen LogP contribution in [0.4, 0.5) is 17.5 Å². The molecule has 2 aromatic heterocycles. The maximum absolute atomic E-state index is 5.96. The summed E-state index contributed by atoms with van der Waals surface area (Å²) in [5.74, 6) is 1.07. The lowest BCUT2D eigenvalue weighted by Crippen LogP contribution is -2.22. The summed E-state index contributed by atoms with van der Waals surface area (Å²) in [6, 6.07) is 0. The van der Waals surface area contributed by atoms with E-state index in [-0.39, 0.29) is 5.54 Å². The van der Waals surface area contributed by atoms with Crippen LogP contribution in [0.1, 0.15) is 26.5 Å². The normalized spacial score (nSPS) is 11.5. The Labute approximate surface area is 123 Å². The summed E-state index contributed by atoms with van der Waals surface area (Å²) in [5, 5.41) is 11.1. The molecule has 0 spiro atoms. The van der Waals surface area contributed by atoms with Gasteiger partial charge in [0.05, 0.1) is 23.1 Å². The first-order valence-electron chi connectivity index (χ1n) is 6.35. The van der Waals surface area contributed by atoms with Crippen LogP contribution in [-0.2, 0) is 5.54 Å². The molecule has 2 N–H and O–H groups in total. The molecule has 0 saturated carbocycles. The third-order valence-electron chi connectivity index (χ3n) is 2.81. The van der Waals surface area contributed by atoms with Gasteiger partial charge in [-0.2, -0.15) is 10.1 Å². The molecule has 0 bridgehead atoms. The van der Waals surface area contributed by atoms with Gasteiger partial charge < -0.3 is 10.6 Å². The molecule has 0 aromatic carbocycles. The SMILES string of the molecule is CNc1nc(Nc2cn(C(C)(C)C)nc2C)ncc1Cl. The van der Waals surface area contributed by atoms with Crippen LogP contribution in [0, 0.1) is 6.92 Å². The molecular weight excluding hydrogens is 276 g/mol. The van der Waals surface area contributed by atoms with Crippen molar-refractivity contribution in [1.29, 1.82) is 0 Å². The van der Waals surface area contributed by atoms with E-state index in [1.165, 1.54) is 0 Å². The van der Waals surface area contributed by atoms with Crippen LogP contribution in [0.25, 0.3) is 0 Å². The highest BCUT2D eigenvalue weighted by atomic mass is 35.5. The van der Waals surface area contributed by atoms with Gasteiger partial charge in [0.25, 0.3) is 0 Å². The van der Waals surface area contributed by atoms with Crippen molar-refractivity contribution in [3.63, 3.8) is 0 Å². The molecule has 2 aromatic rings. The molecule has 0 aliphatic carbocycles. The van der Waals surface area contributed by atoms with Crippen molar-refractivity contribution in [1.82, 2.24) is 19.7 Å². The lowest BCUT2D eigenvalue weighted by atomic mass is 10.1. The Kier molecular flexibility index (Phi) is 3.85. The number of aryl methyl sites for hydroxylation is 1. The Morgan fingerprint density at radius 2 is 2.00 bits per heavy atom. The van der Waals surface area contributed by atoms with E-state index in [4.69, 9.17) is 11.6 Å². The maximum atomic E-state index is 5.96. The van der Waals surface area contributed by atoms with E-state index in [1.54, 1.807) is 13.2 Å². The first-order chi connectivity index (χ1) is 9.31. The fourth-order valence-corrected chi connectivity index (χ4v) is 1.84. The smallest absolute Gasteiger partial charge is 0.229 e. The topological polar surface area (TPSA) is 67.7 Å². The van der Waals surface area contributed by atoms with E-state index in [0.29, 0.717) is 16.8 Å². The van der Waals surface area contributed by atoms with E-state index >= 15 is 0 Å². The van der Waals surface area contributed by atoms with Crippen molar-refractivity contribution in [2.75, 3.05) is 17.7 Å². The molecule has 7 heteroatoms. The molecule has 0 aliphatic rings. The second-order valence-electron chi connectivity index (χ2n) is 5.51. The average molecular weight is 295 g/mol. The van der Waals surface area contributed by atoms with E-state index in [2.05, 4.69) is 46.5 Å². The van der Waals surface area contributed by atoms with Crippen molar-refractivity contribution in [2.24, 2.45) is 0 Å². The molecule has 0 unspecified atom stereocenters. The number of nitrogens with one attached hydrogen (secondary N) is 2. The molecule has 0 amide bonds. The molecule has 20 heavy (non-hydrogen) atoms. The van der Waals surface area contributed by atoms with Crippen molar-refractivity contribution in [3.05, 3.63) is 23.1 Å². The average Bonchev–Trinajstić information content (AvgIpc) is 2.73. The highest BCUT2D eigenvalue weighted by Gasteiger charge is 2.17. The number of hydrogen-bond donors (Lipinski definition) is 2. The molecule has 0 radical (unpaired) electrons. The number of nitrogens with zero attached hydrogens (tertiary/aromatic N) is 4. The van der Waals surface area contributed by atoms with Gasteiger partial charge in [-0.1, -0.05) is 11.6 Å². The second kappa shape index (κ2) is 5.28. The Bertz CT molecular complexity index is 614. The molecule has 0 fully saturated rings. The van der Waals surface area contributed by atoms with Crippen LogP contribution in [0.15, 0.2) is 12.4 Å². The van der Waals surface area contributed by atoms with Gasteiger partial charge in [-0.3, -0.25) is 4.68 Å². The predicted molar refractivity (Wildman–Crippen MR) is 81.8 cm³/mol.